The molecule has 0 radical (unpaired) electrons. The van der Waals surface area contributed by atoms with Crippen molar-refractivity contribution >= 4 is 23.6 Å². The van der Waals surface area contributed by atoms with E-state index in [4.69, 9.17) is 9.47 Å². The Kier molecular flexibility index (Phi) is 9.06. The fourth-order valence-corrected chi connectivity index (χ4v) is 3.22. The van der Waals surface area contributed by atoms with Crippen LogP contribution in [0.2, 0.25) is 0 Å². The fraction of sp³-hybridized carbons (Fsp3) is 0.522. The number of hydrogen-bond donors (Lipinski definition) is 1. The number of ketones is 2. The Labute approximate surface area is 171 Å². The molecule has 1 aromatic rings. The second-order valence-electron chi connectivity index (χ2n) is 7.24. The third kappa shape index (κ3) is 6.26. The lowest BCUT2D eigenvalue weighted by Gasteiger charge is -2.19. The molecule has 0 saturated heterocycles. The van der Waals surface area contributed by atoms with E-state index < -0.39 is 23.6 Å². The van der Waals surface area contributed by atoms with Crippen LogP contribution in [0.25, 0.3) is 6.08 Å². The minimum absolute atomic E-state index is 0.172. The van der Waals surface area contributed by atoms with Crippen molar-refractivity contribution < 1.29 is 29.0 Å². The molecule has 0 heterocycles. The molecule has 1 N–H and O–H groups in total. The lowest BCUT2D eigenvalue weighted by molar-refractivity contribution is -0.150. The van der Waals surface area contributed by atoms with E-state index in [9.17, 15) is 19.5 Å². The number of fused-ring (bicyclic) bond motifs is 1. The number of aliphatic carboxylic acids is 1. The Morgan fingerprint density at radius 3 is 2.48 bits per heavy atom. The Morgan fingerprint density at radius 2 is 1.79 bits per heavy atom. The van der Waals surface area contributed by atoms with Gasteiger partial charge >= 0.3 is 5.97 Å². The van der Waals surface area contributed by atoms with Crippen molar-refractivity contribution in [2.24, 2.45) is 0 Å². The summed E-state index contributed by atoms with van der Waals surface area (Å²) in [6, 6.07) is 5.22. The van der Waals surface area contributed by atoms with Gasteiger partial charge in [-0.05, 0) is 30.5 Å². The topological polar surface area (TPSA) is 89.9 Å². The summed E-state index contributed by atoms with van der Waals surface area (Å²) in [7, 11) is 0. The van der Waals surface area contributed by atoms with Gasteiger partial charge in [0.2, 0.25) is 11.6 Å². The van der Waals surface area contributed by atoms with Crippen LogP contribution in [-0.2, 0) is 14.3 Å². The van der Waals surface area contributed by atoms with E-state index >= 15 is 0 Å². The zero-order valence-corrected chi connectivity index (χ0v) is 17.2. The molecule has 29 heavy (non-hydrogen) atoms. The number of Topliss-reactive ketones (excluding diaryl/α,β-unsaturated/α-hetero) is 2. The molecule has 6 heteroatoms. The predicted octanol–water partition coefficient (Wildman–Crippen LogP) is 4.45. The summed E-state index contributed by atoms with van der Waals surface area (Å²) in [6.45, 7) is 4.39. The van der Waals surface area contributed by atoms with Crippen molar-refractivity contribution in [3.8, 4) is 5.75 Å². The van der Waals surface area contributed by atoms with Gasteiger partial charge in [0, 0.05) is 5.57 Å². The quantitative estimate of drug-likeness (QED) is 0.387. The molecule has 0 saturated carbocycles. The Morgan fingerprint density at radius 1 is 1.03 bits per heavy atom. The number of rotatable bonds is 13. The molecule has 0 fully saturated rings. The lowest BCUT2D eigenvalue weighted by atomic mass is 9.89. The summed E-state index contributed by atoms with van der Waals surface area (Å²) in [5.41, 5.74) is 1.04. The van der Waals surface area contributed by atoms with Crippen LogP contribution in [-0.4, -0.2) is 42.0 Å². The van der Waals surface area contributed by atoms with Crippen LogP contribution in [0.4, 0.5) is 0 Å². The molecule has 1 aliphatic carbocycles. The minimum atomic E-state index is -1.06. The molecule has 6 nitrogen and oxygen atoms in total. The van der Waals surface area contributed by atoms with Gasteiger partial charge in [0.1, 0.15) is 5.75 Å². The normalized spacial score (nSPS) is 14.3. The Balaban J connectivity index is 2.11. The van der Waals surface area contributed by atoms with E-state index in [1.54, 1.807) is 24.3 Å². The third-order valence-electron chi connectivity index (χ3n) is 4.90. The summed E-state index contributed by atoms with van der Waals surface area (Å²) in [4.78, 5) is 36.6. The maximum atomic E-state index is 12.7. The number of carbonyl (C=O) groups is 3. The largest absolute Gasteiger partial charge is 0.493 e. The summed E-state index contributed by atoms with van der Waals surface area (Å²) in [5, 5.41) is 9.26. The average Bonchev–Trinajstić information content (AvgIpc) is 2.70. The van der Waals surface area contributed by atoms with Gasteiger partial charge in [0.25, 0.3) is 0 Å². The summed E-state index contributed by atoms with van der Waals surface area (Å²) < 4.78 is 11.2. The van der Waals surface area contributed by atoms with E-state index in [2.05, 4.69) is 6.92 Å². The first-order valence-corrected chi connectivity index (χ1v) is 10.4. The number of ether oxygens (including phenoxy) is 2. The zero-order chi connectivity index (χ0) is 21.2. The molecular weight excluding hydrogens is 372 g/mol. The highest BCUT2D eigenvalue weighted by Crippen LogP contribution is 2.30. The molecule has 0 amide bonds. The van der Waals surface area contributed by atoms with Crippen molar-refractivity contribution in [3.63, 3.8) is 0 Å². The average molecular weight is 402 g/mol. The molecule has 0 spiro atoms. The molecule has 0 aliphatic heterocycles. The molecule has 0 aromatic heterocycles. The highest BCUT2D eigenvalue weighted by Gasteiger charge is 2.31. The summed E-state index contributed by atoms with van der Waals surface area (Å²) >= 11 is 0. The van der Waals surface area contributed by atoms with Crippen molar-refractivity contribution in [3.05, 3.63) is 34.9 Å². The van der Waals surface area contributed by atoms with Crippen LogP contribution >= 0.6 is 0 Å². The first kappa shape index (κ1) is 22.8. The van der Waals surface area contributed by atoms with Crippen LogP contribution in [0, 0.1) is 0 Å². The van der Waals surface area contributed by atoms with Crippen LogP contribution in [0.3, 0.4) is 0 Å². The van der Waals surface area contributed by atoms with E-state index in [0.29, 0.717) is 30.8 Å². The van der Waals surface area contributed by atoms with Crippen LogP contribution < -0.4 is 4.74 Å². The van der Waals surface area contributed by atoms with Gasteiger partial charge in [0.05, 0.1) is 18.8 Å². The van der Waals surface area contributed by atoms with Gasteiger partial charge in [-0.25, -0.2) is 4.79 Å². The van der Waals surface area contributed by atoms with Crippen molar-refractivity contribution in [2.75, 3.05) is 13.2 Å². The van der Waals surface area contributed by atoms with Gasteiger partial charge in [0.15, 0.2) is 6.10 Å². The van der Waals surface area contributed by atoms with Crippen molar-refractivity contribution in [1.82, 2.24) is 0 Å². The number of carbonyl (C=O) groups excluding carboxylic acids is 2. The molecule has 1 unspecified atom stereocenters. The maximum absolute atomic E-state index is 12.7. The Bertz CT molecular complexity index is 765. The monoisotopic (exact) mass is 402 g/mol. The van der Waals surface area contributed by atoms with E-state index in [0.717, 1.165) is 32.1 Å². The maximum Gasteiger partial charge on any atom is 0.332 e. The van der Waals surface area contributed by atoms with E-state index in [1.165, 1.54) is 0 Å². The van der Waals surface area contributed by atoms with Gasteiger partial charge in [-0.3, -0.25) is 9.59 Å². The highest BCUT2D eigenvalue weighted by atomic mass is 16.5. The summed E-state index contributed by atoms with van der Waals surface area (Å²) in [6.07, 6.45) is 6.76. The van der Waals surface area contributed by atoms with Gasteiger partial charge < -0.3 is 14.6 Å². The molecule has 1 aromatic carbocycles. The number of benzene rings is 1. The first-order valence-electron chi connectivity index (χ1n) is 10.4. The third-order valence-corrected chi connectivity index (χ3v) is 4.90. The standard InChI is InChI=1S/C23H30O6/c1-3-5-7-8-13-28-18-12-9-10-16-14-17(21(24)22(25)20(16)18)15-29-19(23(26)27)11-6-4-2/h9-10,12,14,19H,3-8,11,13,15H2,1-2H3,(H,26,27). The SMILES string of the molecule is CCCCCCOc1cccc2c1C(=O)C(=O)C(COC(CCCC)C(=O)O)=C2. The number of carboxylic acid groups (broad SMARTS) is 1. The summed E-state index contributed by atoms with van der Waals surface area (Å²) in [5.74, 6) is -1.95. The number of hydrogen-bond acceptors (Lipinski definition) is 5. The first-order chi connectivity index (χ1) is 14.0. The lowest BCUT2D eigenvalue weighted by Crippen LogP contribution is -2.29. The smallest absolute Gasteiger partial charge is 0.332 e. The van der Waals surface area contributed by atoms with Crippen LogP contribution in [0.5, 0.6) is 5.75 Å². The zero-order valence-electron chi connectivity index (χ0n) is 17.2. The minimum Gasteiger partial charge on any atom is -0.493 e. The van der Waals surface area contributed by atoms with Crippen molar-refractivity contribution in [2.45, 2.75) is 64.9 Å². The van der Waals surface area contributed by atoms with Crippen LogP contribution in [0.1, 0.15) is 74.7 Å². The molecule has 0 bridgehead atoms. The van der Waals surface area contributed by atoms with Crippen LogP contribution in [0.15, 0.2) is 23.8 Å². The molecule has 1 atom stereocenters. The van der Waals surface area contributed by atoms with Crippen molar-refractivity contribution in [1.29, 1.82) is 0 Å². The predicted molar refractivity (Wildman–Crippen MR) is 110 cm³/mol. The van der Waals surface area contributed by atoms with E-state index in [1.807, 2.05) is 6.92 Å². The van der Waals surface area contributed by atoms with Gasteiger partial charge in [-0.1, -0.05) is 58.1 Å². The molecular formula is C23H30O6. The van der Waals surface area contributed by atoms with Gasteiger partial charge in [-0.2, -0.15) is 0 Å². The van der Waals surface area contributed by atoms with E-state index in [-0.39, 0.29) is 17.7 Å². The molecule has 2 rings (SSSR count). The fourth-order valence-electron chi connectivity index (χ4n) is 3.22. The molecule has 158 valence electrons. The Hall–Kier alpha value is -2.47. The highest BCUT2D eigenvalue weighted by molar-refractivity contribution is 6.52. The number of carboxylic acids is 1. The number of unbranched alkanes of at least 4 members (excludes halogenated alkanes) is 4. The molecule has 1 aliphatic rings. The second-order valence-corrected chi connectivity index (χ2v) is 7.24. The van der Waals surface area contributed by atoms with Gasteiger partial charge in [-0.15, -0.1) is 0 Å². The second kappa shape index (κ2) is 11.5.